The number of aromatic nitrogens is 1. The minimum atomic E-state index is -3.44. The molecule has 5 heteroatoms. The highest BCUT2D eigenvalue weighted by Crippen LogP contribution is 2.30. The monoisotopic (exact) mass is 352 g/mol. The number of aryl methyl sites for hydroxylation is 2. The molecule has 2 aliphatic rings. The number of rotatable bonds is 2. The molecule has 2 aromatic carbocycles. The molecule has 3 aromatic rings. The quantitative estimate of drug-likeness (QED) is 0.710. The lowest BCUT2D eigenvalue weighted by molar-refractivity contribution is 0.345. The van der Waals surface area contributed by atoms with Gasteiger partial charge in [-0.3, -0.25) is 0 Å². The molecule has 0 amide bonds. The van der Waals surface area contributed by atoms with Crippen LogP contribution in [-0.4, -0.2) is 23.8 Å². The molecule has 0 radical (unpaired) electrons. The van der Waals surface area contributed by atoms with E-state index in [0.717, 1.165) is 25.0 Å². The number of fused-ring (bicyclic) bond motifs is 4. The topological polar surface area (TPSA) is 42.3 Å². The smallest absolute Gasteiger partial charge is 0.243 e. The van der Waals surface area contributed by atoms with E-state index in [-0.39, 0.29) is 0 Å². The van der Waals surface area contributed by atoms with E-state index in [1.807, 2.05) is 24.3 Å². The van der Waals surface area contributed by atoms with Crippen LogP contribution in [0.1, 0.15) is 23.2 Å². The summed E-state index contributed by atoms with van der Waals surface area (Å²) in [7, 11) is -3.44. The molecule has 0 fully saturated rings. The third kappa shape index (κ3) is 2.34. The predicted molar refractivity (Wildman–Crippen MR) is 98.0 cm³/mol. The van der Waals surface area contributed by atoms with E-state index in [1.165, 1.54) is 22.0 Å². The number of nitrogens with zero attached hydrogens (tertiary/aromatic N) is 2. The van der Waals surface area contributed by atoms with Crippen LogP contribution in [-0.2, 0) is 36.0 Å². The van der Waals surface area contributed by atoms with E-state index >= 15 is 0 Å². The van der Waals surface area contributed by atoms with Gasteiger partial charge in [-0.15, -0.1) is 0 Å². The molecule has 0 N–H and O–H groups in total. The molecule has 128 valence electrons. The van der Waals surface area contributed by atoms with Crippen molar-refractivity contribution in [3.63, 3.8) is 0 Å². The first-order valence-electron chi connectivity index (χ1n) is 8.82. The van der Waals surface area contributed by atoms with E-state index in [1.54, 1.807) is 10.4 Å². The SMILES string of the molecule is O=S(=O)(c1ccc2c(c1)CCC2)N1CCn2c(cc3ccccc32)C1. The third-order valence-electron chi connectivity index (χ3n) is 5.52. The van der Waals surface area contributed by atoms with Gasteiger partial charge in [0.1, 0.15) is 0 Å². The minimum Gasteiger partial charge on any atom is -0.342 e. The molecule has 0 saturated heterocycles. The fourth-order valence-corrected chi connectivity index (χ4v) is 5.65. The number of para-hydroxylation sites is 1. The van der Waals surface area contributed by atoms with Crippen molar-refractivity contribution >= 4 is 20.9 Å². The van der Waals surface area contributed by atoms with Crippen LogP contribution < -0.4 is 0 Å². The van der Waals surface area contributed by atoms with E-state index in [0.29, 0.717) is 24.5 Å². The highest BCUT2D eigenvalue weighted by Gasteiger charge is 2.30. The standard InChI is InChI=1S/C20H20N2O2S/c23-25(24,19-9-8-15-5-3-6-16(15)13-19)21-10-11-22-18(14-21)12-17-4-1-2-7-20(17)22/h1-2,4,7-9,12-13H,3,5-6,10-11,14H2. The Kier molecular flexibility index (Phi) is 3.30. The van der Waals surface area contributed by atoms with Crippen LogP contribution >= 0.6 is 0 Å². The Morgan fingerprint density at radius 3 is 2.64 bits per heavy atom. The van der Waals surface area contributed by atoms with Gasteiger partial charge in [-0.2, -0.15) is 4.31 Å². The van der Waals surface area contributed by atoms with E-state index in [4.69, 9.17) is 0 Å². The van der Waals surface area contributed by atoms with Crippen LogP contribution in [0.3, 0.4) is 0 Å². The first-order valence-corrected chi connectivity index (χ1v) is 10.3. The summed E-state index contributed by atoms with van der Waals surface area (Å²) in [6.07, 6.45) is 3.19. The summed E-state index contributed by atoms with van der Waals surface area (Å²) < 4.78 is 30.1. The first-order chi connectivity index (χ1) is 12.1. The average Bonchev–Trinajstić information content (AvgIpc) is 3.24. The van der Waals surface area contributed by atoms with Gasteiger partial charge in [0, 0.05) is 24.3 Å². The highest BCUT2D eigenvalue weighted by molar-refractivity contribution is 7.89. The maximum atomic E-state index is 13.1. The Labute approximate surface area is 147 Å². The zero-order valence-corrected chi connectivity index (χ0v) is 14.8. The van der Waals surface area contributed by atoms with Crippen LogP contribution in [0.5, 0.6) is 0 Å². The summed E-state index contributed by atoms with van der Waals surface area (Å²) in [4.78, 5) is 0.442. The lowest BCUT2D eigenvalue weighted by Crippen LogP contribution is -2.38. The fourth-order valence-electron chi connectivity index (χ4n) is 4.20. The lowest BCUT2D eigenvalue weighted by Gasteiger charge is -2.28. The Morgan fingerprint density at radius 1 is 0.880 bits per heavy atom. The van der Waals surface area contributed by atoms with Gasteiger partial charge >= 0.3 is 0 Å². The minimum absolute atomic E-state index is 0.439. The molecule has 2 heterocycles. The maximum Gasteiger partial charge on any atom is 0.243 e. The predicted octanol–water partition coefficient (Wildman–Crippen LogP) is 3.33. The summed E-state index contributed by atoms with van der Waals surface area (Å²) in [6.45, 7) is 1.66. The van der Waals surface area contributed by atoms with Crippen molar-refractivity contribution in [3.05, 3.63) is 65.4 Å². The van der Waals surface area contributed by atoms with Gasteiger partial charge in [-0.05, 0) is 60.0 Å². The second kappa shape index (κ2) is 5.44. The lowest BCUT2D eigenvalue weighted by atomic mass is 10.1. The van der Waals surface area contributed by atoms with Crippen LogP contribution in [0.15, 0.2) is 53.4 Å². The van der Waals surface area contributed by atoms with Gasteiger partial charge in [0.05, 0.1) is 11.4 Å². The Bertz CT molecular complexity index is 1080. The van der Waals surface area contributed by atoms with Crippen molar-refractivity contribution in [2.45, 2.75) is 37.2 Å². The summed E-state index contributed by atoms with van der Waals surface area (Å²) in [6, 6.07) is 16.0. The third-order valence-corrected chi connectivity index (χ3v) is 7.36. The van der Waals surface area contributed by atoms with Crippen molar-refractivity contribution in [2.75, 3.05) is 6.54 Å². The summed E-state index contributed by atoms with van der Waals surface area (Å²) in [5.74, 6) is 0. The second-order valence-corrected chi connectivity index (χ2v) is 8.91. The molecule has 0 saturated carbocycles. The van der Waals surface area contributed by atoms with Crippen molar-refractivity contribution in [1.82, 2.24) is 8.87 Å². The van der Waals surface area contributed by atoms with Crippen molar-refractivity contribution in [3.8, 4) is 0 Å². The summed E-state index contributed by atoms with van der Waals surface area (Å²) >= 11 is 0. The Morgan fingerprint density at radius 2 is 1.72 bits per heavy atom. The normalized spacial score (nSPS) is 17.6. The number of benzene rings is 2. The summed E-state index contributed by atoms with van der Waals surface area (Å²) in [5, 5.41) is 1.18. The van der Waals surface area contributed by atoms with Gasteiger partial charge in [-0.1, -0.05) is 24.3 Å². The largest absolute Gasteiger partial charge is 0.342 e. The molecule has 1 aliphatic heterocycles. The average molecular weight is 352 g/mol. The molecule has 25 heavy (non-hydrogen) atoms. The Hall–Kier alpha value is -2.11. The van der Waals surface area contributed by atoms with E-state index in [2.05, 4.69) is 22.8 Å². The Balaban J connectivity index is 1.51. The van der Waals surface area contributed by atoms with E-state index in [9.17, 15) is 8.42 Å². The zero-order chi connectivity index (χ0) is 17.0. The van der Waals surface area contributed by atoms with Gasteiger partial charge < -0.3 is 4.57 Å². The van der Waals surface area contributed by atoms with Crippen LogP contribution in [0.4, 0.5) is 0 Å². The highest BCUT2D eigenvalue weighted by atomic mass is 32.2. The molecule has 0 atom stereocenters. The van der Waals surface area contributed by atoms with Crippen molar-refractivity contribution < 1.29 is 8.42 Å². The van der Waals surface area contributed by atoms with Crippen LogP contribution in [0.2, 0.25) is 0 Å². The van der Waals surface area contributed by atoms with Gasteiger partial charge in [0.15, 0.2) is 0 Å². The first kappa shape index (κ1) is 15.2. The fraction of sp³-hybridized carbons (Fsp3) is 0.300. The van der Waals surface area contributed by atoms with Gasteiger partial charge in [0.2, 0.25) is 10.0 Å². The molecule has 5 rings (SSSR count). The molecule has 1 aromatic heterocycles. The summed E-state index contributed by atoms with van der Waals surface area (Å²) in [5.41, 5.74) is 4.76. The molecule has 0 spiro atoms. The van der Waals surface area contributed by atoms with Crippen molar-refractivity contribution in [1.29, 1.82) is 0 Å². The number of sulfonamides is 1. The van der Waals surface area contributed by atoms with Crippen LogP contribution in [0, 0.1) is 0 Å². The van der Waals surface area contributed by atoms with E-state index < -0.39 is 10.0 Å². The van der Waals surface area contributed by atoms with Crippen molar-refractivity contribution in [2.24, 2.45) is 0 Å². The molecule has 0 bridgehead atoms. The maximum absolute atomic E-state index is 13.1. The molecular weight excluding hydrogens is 332 g/mol. The van der Waals surface area contributed by atoms with Gasteiger partial charge in [-0.25, -0.2) is 8.42 Å². The van der Waals surface area contributed by atoms with Gasteiger partial charge in [0.25, 0.3) is 0 Å². The zero-order valence-electron chi connectivity index (χ0n) is 14.0. The number of hydrogen-bond donors (Lipinski definition) is 0. The molecular formula is C20H20N2O2S. The molecule has 1 aliphatic carbocycles. The number of hydrogen-bond acceptors (Lipinski definition) is 2. The molecule has 4 nitrogen and oxygen atoms in total. The molecule has 0 unspecified atom stereocenters. The van der Waals surface area contributed by atoms with Crippen LogP contribution in [0.25, 0.3) is 10.9 Å². The second-order valence-electron chi connectivity index (χ2n) is 6.97.